The zero-order valence-electron chi connectivity index (χ0n) is 16.5. The molecule has 0 spiro atoms. The van der Waals surface area contributed by atoms with Gasteiger partial charge in [0, 0.05) is 19.4 Å². The third-order valence-electron chi connectivity index (χ3n) is 4.24. The maximum Gasteiger partial charge on any atom is 0.305 e. The van der Waals surface area contributed by atoms with Crippen molar-refractivity contribution in [2.45, 2.75) is 96.8 Å². The van der Waals surface area contributed by atoms with Crippen molar-refractivity contribution in [3.63, 3.8) is 0 Å². The van der Waals surface area contributed by atoms with Crippen LogP contribution in [0.15, 0.2) is 12.2 Å². The van der Waals surface area contributed by atoms with Gasteiger partial charge in [0.05, 0.1) is 7.11 Å². The van der Waals surface area contributed by atoms with Gasteiger partial charge in [0.1, 0.15) is 0 Å². The van der Waals surface area contributed by atoms with Gasteiger partial charge in [0.15, 0.2) is 0 Å². The van der Waals surface area contributed by atoms with E-state index >= 15 is 0 Å². The Morgan fingerprint density at radius 2 is 1.36 bits per heavy atom. The van der Waals surface area contributed by atoms with Crippen molar-refractivity contribution in [1.29, 1.82) is 0 Å². The van der Waals surface area contributed by atoms with Gasteiger partial charge in [-0.25, -0.2) is 0 Å². The quantitative estimate of drug-likeness (QED) is 0.219. The highest BCUT2D eigenvalue weighted by atomic mass is 16.5. The maximum atomic E-state index is 11.3. The van der Waals surface area contributed by atoms with Crippen LogP contribution in [0.4, 0.5) is 0 Å². The largest absolute Gasteiger partial charge is 0.469 e. The number of hydrogen-bond acceptors (Lipinski definition) is 3. The minimum atomic E-state index is -0.0898. The number of carbonyl (C=O) groups is 2. The topological polar surface area (TPSA) is 55.4 Å². The molecule has 1 N–H and O–H groups in total. The summed E-state index contributed by atoms with van der Waals surface area (Å²) in [5.41, 5.74) is 0. The van der Waals surface area contributed by atoms with Crippen LogP contribution in [0.1, 0.15) is 96.8 Å². The first-order chi connectivity index (χ1) is 12.2. The van der Waals surface area contributed by atoms with E-state index in [9.17, 15) is 9.59 Å². The maximum absolute atomic E-state index is 11.3. The molecule has 0 rings (SSSR count). The van der Waals surface area contributed by atoms with Gasteiger partial charge in [-0.1, -0.05) is 51.2 Å². The molecule has 0 aliphatic heterocycles. The lowest BCUT2D eigenvalue weighted by molar-refractivity contribution is -0.140. The van der Waals surface area contributed by atoms with E-state index in [-0.39, 0.29) is 11.9 Å². The Hall–Kier alpha value is -1.32. The summed E-state index contributed by atoms with van der Waals surface area (Å²) in [6, 6.07) is 0. The minimum Gasteiger partial charge on any atom is -0.469 e. The molecule has 0 atom stereocenters. The highest BCUT2D eigenvalue weighted by Gasteiger charge is 1.99. The van der Waals surface area contributed by atoms with Gasteiger partial charge in [-0.05, 0) is 44.9 Å². The fourth-order valence-electron chi connectivity index (χ4n) is 2.68. The summed E-state index contributed by atoms with van der Waals surface area (Å²) in [6.07, 6.45) is 19.7. The first-order valence-corrected chi connectivity index (χ1v) is 10.2. The van der Waals surface area contributed by atoms with E-state index in [1.54, 1.807) is 0 Å². The Balaban J connectivity index is 3.18. The summed E-state index contributed by atoms with van der Waals surface area (Å²) in [6.45, 7) is 2.84. The Morgan fingerprint density at radius 1 is 0.800 bits per heavy atom. The van der Waals surface area contributed by atoms with Crippen molar-refractivity contribution >= 4 is 11.9 Å². The Morgan fingerprint density at radius 3 is 1.96 bits per heavy atom. The van der Waals surface area contributed by atoms with Crippen molar-refractivity contribution in [2.75, 3.05) is 13.7 Å². The van der Waals surface area contributed by atoms with Gasteiger partial charge in [0.25, 0.3) is 0 Å². The van der Waals surface area contributed by atoms with E-state index in [4.69, 9.17) is 0 Å². The molecule has 0 radical (unpaired) electrons. The summed E-state index contributed by atoms with van der Waals surface area (Å²) in [5.74, 6) is 0.0922. The van der Waals surface area contributed by atoms with Crippen LogP contribution in [-0.4, -0.2) is 25.5 Å². The smallest absolute Gasteiger partial charge is 0.305 e. The fourth-order valence-corrected chi connectivity index (χ4v) is 2.68. The zero-order valence-corrected chi connectivity index (χ0v) is 16.5. The standard InChI is InChI=1S/C21H39NO3/c1-3-17-20(23)22-19-16-14-12-10-8-6-4-5-7-9-11-13-15-18-21(24)25-2/h8,10H,3-7,9,11-19H2,1-2H3,(H,22,23)/b10-8-. The summed E-state index contributed by atoms with van der Waals surface area (Å²) < 4.78 is 4.63. The number of ether oxygens (including phenoxy) is 1. The molecule has 0 aromatic heterocycles. The van der Waals surface area contributed by atoms with Crippen LogP contribution in [0.5, 0.6) is 0 Å². The van der Waals surface area contributed by atoms with E-state index in [1.807, 2.05) is 6.92 Å². The number of amides is 1. The molecule has 1 amide bonds. The lowest BCUT2D eigenvalue weighted by atomic mass is 10.1. The molecule has 0 aliphatic carbocycles. The molecular formula is C21H39NO3. The average Bonchev–Trinajstić information content (AvgIpc) is 2.61. The van der Waals surface area contributed by atoms with Gasteiger partial charge in [-0.3, -0.25) is 9.59 Å². The summed E-state index contributed by atoms with van der Waals surface area (Å²) >= 11 is 0. The van der Waals surface area contributed by atoms with Crippen LogP contribution in [0, 0.1) is 0 Å². The first-order valence-electron chi connectivity index (χ1n) is 10.2. The van der Waals surface area contributed by atoms with Gasteiger partial charge in [0.2, 0.25) is 5.91 Å². The molecule has 25 heavy (non-hydrogen) atoms. The van der Waals surface area contributed by atoms with Crippen LogP contribution in [0.2, 0.25) is 0 Å². The van der Waals surface area contributed by atoms with Gasteiger partial charge in [-0.15, -0.1) is 0 Å². The Kier molecular flexibility index (Phi) is 18.0. The van der Waals surface area contributed by atoms with E-state index in [2.05, 4.69) is 22.2 Å². The molecule has 0 aromatic rings. The number of esters is 1. The normalized spacial score (nSPS) is 11.0. The molecule has 146 valence electrons. The number of nitrogens with one attached hydrogen (secondary N) is 1. The minimum absolute atomic E-state index is 0.0898. The van der Waals surface area contributed by atoms with E-state index in [0.29, 0.717) is 12.8 Å². The highest BCUT2D eigenvalue weighted by molar-refractivity contribution is 5.75. The van der Waals surface area contributed by atoms with Gasteiger partial charge < -0.3 is 10.1 Å². The Labute approximate surface area is 154 Å². The summed E-state index contributed by atoms with van der Waals surface area (Å²) in [4.78, 5) is 22.2. The van der Waals surface area contributed by atoms with Gasteiger partial charge in [-0.2, -0.15) is 0 Å². The van der Waals surface area contributed by atoms with E-state index < -0.39 is 0 Å². The van der Waals surface area contributed by atoms with Gasteiger partial charge >= 0.3 is 5.97 Å². The van der Waals surface area contributed by atoms with E-state index in [0.717, 1.165) is 45.1 Å². The van der Waals surface area contributed by atoms with E-state index in [1.165, 1.54) is 45.6 Å². The highest BCUT2D eigenvalue weighted by Crippen LogP contribution is 2.10. The molecule has 0 fully saturated rings. The van der Waals surface area contributed by atoms with Crippen molar-refractivity contribution < 1.29 is 14.3 Å². The number of carbonyl (C=O) groups excluding carboxylic acids is 2. The summed E-state index contributed by atoms with van der Waals surface area (Å²) in [5, 5.41) is 2.95. The molecule has 0 bridgehead atoms. The first kappa shape index (κ1) is 23.7. The number of rotatable bonds is 17. The number of hydrogen-bond donors (Lipinski definition) is 1. The lowest BCUT2D eigenvalue weighted by Gasteiger charge is -2.02. The van der Waals surface area contributed by atoms with Crippen LogP contribution in [0.25, 0.3) is 0 Å². The predicted molar refractivity (Wildman–Crippen MR) is 104 cm³/mol. The van der Waals surface area contributed by atoms with Crippen molar-refractivity contribution in [3.8, 4) is 0 Å². The number of unbranched alkanes of at least 4 members (excludes halogenated alkanes) is 9. The van der Waals surface area contributed by atoms with Crippen LogP contribution < -0.4 is 5.32 Å². The molecule has 4 nitrogen and oxygen atoms in total. The number of methoxy groups -OCH3 is 1. The molecule has 0 heterocycles. The third kappa shape index (κ3) is 18.9. The van der Waals surface area contributed by atoms with Crippen molar-refractivity contribution in [2.24, 2.45) is 0 Å². The zero-order chi connectivity index (χ0) is 18.6. The SMILES string of the molecule is CCCC(=O)NCCCC/C=C\CCCCCCCCCC(=O)OC. The monoisotopic (exact) mass is 353 g/mol. The molecule has 0 saturated heterocycles. The summed E-state index contributed by atoms with van der Waals surface area (Å²) in [7, 11) is 1.45. The number of allylic oxidation sites excluding steroid dienone is 2. The van der Waals surface area contributed by atoms with Crippen molar-refractivity contribution in [1.82, 2.24) is 5.32 Å². The second-order valence-electron chi connectivity index (χ2n) is 6.66. The third-order valence-corrected chi connectivity index (χ3v) is 4.24. The van der Waals surface area contributed by atoms with Crippen LogP contribution in [0.3, 0.4) is 0 Å². The lowest BCUT2D eigenvalue weighted by Crippen LogP contribution is -2.23. The molecular weight excluding hydrogens is 314 g/mol. The molecule has 0 aromatic carbocycles. The molecule has 0 aliphatic rings. The predicted octanol–water partition coefficient (Wildman–Crippen LogP) is 5.31. The van der Waals surface area contributed by atoms with Crippen molar-refractivity contribution in [3.05, 3.63) is 12.2 Å². The average molecular weight is 354 g/mol. The fraction of sp³-hybridized carbons (Fsp3) is 0.810. The second-order valence-corrected chi connectivity index (χ2v) is 6.66. The van der Waals surface area contributed by atoms with Crippen LogP contribution in [-0.2, 0) is 14.3 Å². The molecule has 0 saturated carbocycles. The Bertz CT molecular complexity index is 353. The second kappa shape index (κ2) is 19.0. The van der Waals surface area contributed by atoms with Crippen LogP contribution >= 0.6 is 0 Å². The molecule has 0 unspecified atom stereocenters. The molecule has 4 heteroatoms.